The van der Waals surface area contributed by atoms with Crippen molar-refractivity contribution >= 4 is 23.2 Å². The summed E-state index contributed by atoms with van der Waals surface area (Å²) in [7, 11) is 0. The predicted octanol–water partition coefficient (Wildman–Crippen LogP) is 4.51. The monoisotopic (exact) mass is 342 g/mol. The molecule has 0 aromatic heterocycles. The molecule has 4 aliphatic carbocycles. The lowest BCUT2D eigenvalue weighted by atomic mass is 9.49. The van der Waals surface area contributed by atoms with Gasteiger partial charge in [-0.1, -0.05) is 18.2 Å². The highest BCUT2D eigenvalue weighted by atomic mass is 35.5. The molecule has 1 aromatic carbocycles. The molecule has 2 unspecified atom stereocenters. The van der Waals surface area contributed by atoms with E-state index in [1.807, 2.05) is 35.2 Å². The zero-order valence-corrected chi connectivity index (χ0v) is 14.6. The molecule has 4 fully saturated rings. The SMILES string of the molecule is N#CCCN(C(=O)C12CC3CC(CC(Cl)(C3)C1)C2)c1ccccc1. The summed E-state index contributed by atoms with van der Waals surface area (Å²) in [6.07, 6.45) is 6.51. The molecule has 5 rings (SSSR count). The van der Waals surface area contributed by atoms with Crippen molar-refractivity contribution in [1.29, 1.82) is 5.26 Å². The van der Waals surface area contributed by atoms with Gasteiger partial charge >= 0.3 is 0 Å². The van der Waals surface area contributed by atoms with Gasteiger partial charge < -0.3 is 4.90 Å². The average Bonchev–Trinajstić information content (AvgIpc) is 2.54. The van der Waals surface area contributed by atoms with Crippen LogP contribution in [-0.2, 0) is 4.79 Å². The van der Waals surface area contributed by atoms with Crippen LogP contribution in [0.25, 0.3) is 0 Å². The molecule has 0 radical (unpaired) electrons. The highest BCUT2D eigenvalue weighted by Crippen LogP contribution is 2.64. The van der Waals surface area contributed by atoms with E-state index in [0.29, 0.717) is 24.8 Å². The van der Waals surface area contributed by atoms with E-state index in [0.717, 1.165) is 37.8 Å². The Bertz CT molecular complexity index is 667. The topological polar surface area (TPSA) is 44.1 Å². The van der Waals surface area contributed by atoms with Crippen LogP contribution in [0.2, 0.25) is 0 Å². The number of para-hydroxylation sites is 1. The zero-order valence-electron chi connectivity index (χ0n) is 13.9. The Morgan fingerprint density at radius 1 is 1.21 bits per heavy atom. The van der Waals surface area contributed by atoms with Gasteiger partial charge in [0.1, 0.15) is 0 Å². The van der Waals surface area contributed by atoms with E-state index in [2.05, 4.69) is 6.07 Å². The number of alkyl halides is 1. The van der Waals surface area contributed by atoms with Gasteiger partial charge in [-0.15, -0.1) is 11.6 Å². The summed E-state index contributed by atoms with van der Waals surface area (Å²) in [6, 6.07) is 12.0. The lowest BCUT2D eigenvalue weighted by Crippen LogP contribution is -2.59. The first-order chi connectivity index (χ1) is 11.5. The summed E-state index contributed by atoms with van der Waals surface area (Å²) in [5.41, 5.74) is 0.592. The molecule has 4 aliphatic rings. The van der Waals surface area contributed by atoms with E-state index in [4.69, 9.17) is 16.9 Å². The van der Waals surface area contributed by atoms with Crippen molar-refractivity contribution in [1.82, 2.24) is 0 Å². The van der Waals surface area contributed by atoms with Crippen molar-refractivity contribution in [2.75, 3.05) is 11.4 Å². The third-order valence-corrected chi connectivity index (χ3v) is 6.65. The minimum Gasteiger partial charge on any atom is -0.311 e. The fourth-order valence-corrected chi connectivity index (χ4v) is 6.50. The Balaban J connectivity index is 1.66. The number of nitrogens with zero attached hydrogens (tertiary/aromatic N) is 2. The van der Waals surface area contributed by atoms with Gasteiger partial charge in [-0.3, -0.25) is 4.79 Å². The van der Waals surface area contributed by atoms with E-state index < -0.39 is 0 Å². The number of hydrogen-bond donors (Lipinski definition) is 0. The van der Waals surface area contributed by atoms with E-state index >= 15 is 0 Å². The fourth-order valence-electron chi connectivity index (χ4n) is 5.80. The molecular weight excluding hydrogens is 320 g/mol. The van der Waals surface area contributed by atoms with Crippen LogP contribution in [0.4, 0.5) is 5.69 Å². The van der Waals surface area contributed by atoms with Crippen LogP contribution in [0.1, 0.15) is 44.9 Å². The predicted molar refractivity (Wildman–Crippen MR) is 94.7 cm³/mol. The van der Waals surface area contributed by atoms with E-state index in [1.54, 1.807) is 0 Å². The Hall–Kier alpha value is -1.53. The maximum Gasteiger partial charge on any atom is 0.233 e. The van der Waals surface area contributed by atoms with E-state index in [1.165, 1.54) is 6.42 Å². The van der Waals surface area contributed by atoms with Gasteiger partial charge in [-0.05, 0) is 62.5 Å². The van der Waals surface area contributed by atoms with Crippen LogP contribution >= 0.6 is 11.6 Å². The normalized spacial score (nSPS) is 36.3. The van der Waals surface area contributed by atoms with Gasteiger partial charge in [0.25, 0.3) is 0 Å². The summed E-state index contributed by atoms with van der Waals surface area (Å²) >= 11 is 6.90. The van der Waals surface area contributed by atoms with Gasteiger partial charge in [0, 0.05) is 17.1 Å². The molecule has 4 saturated carbocycles. The van der Waals surface area contributed by atoms with E-state index in [9.17, 15) is 4.79 Å². The standard InChI is InChI=1S/C20H23ClN2O/c21-20-12-15-9-16(13-20)11-19(10-15,14-20)18(24)23(8-4-7-22)17-5-2-1-3-6-17/h1-3,5-6,15-16H,4,8-14H2. The summed E-state index contributed by atoms with van der Waals surface area (Å²) in [4.78, 5) is 15.3. The summed E-state index contributed by atoms with van der Waals surface area (Å²) < 4.78 is 0. The lowest BCUT2D eigenvalue weighted by Gasteiger charge is -2.59. The summed E-state index contributed by atoms with van der Waals surface area (Å²) in [5, 5.41) is 9.01. The number of carbonyl (C=O) groups is 1. The van der Waals surface area contributed by atoms with Crippen LogP contribution in [-0.4, -0.2) is 17.3 Å². The molecule has 0 saturated heterocycles. The van der Waals surface area contributed by atoms with Crippen molar-refractivity contribution in [3.8, 4) is 6.07 Å². The Morgan fingerprint density at radius 2 is 1.88 bits per heavy atom. The molecule has 0 N–H and O–H groups in total. The zero-order chi connectivity index (χ0) is 16.8. The second-order valence-corrected chi connectivity index (χ2v) is 8.89. The van der Waals surface area contributed by atoms with Crippen LogP contribution in [0.3, 0.4) is 0 Å². The second kappa shape index (κ2) is 5.77. The number of benzene rings is 1. The summed E-state index contributed by atoms with van der Waals surface area (Å²) in [5.74, 6) is 1.39. The molecule has 0 spiro atoms. The largest absolute Gasteiger partial charge is 0.311 e. The first-order valence-electron chi connectivity index (χ1n) is 8.97. The van der Waals surface area contributed by atoms with Crippen molar-refractivity contribution < 1.29 is 4.79 Å². The third-order valence-electron chi connectivity index (χ3n) is 6.20. The molecule has 1 amide bonds. The number of amides is 1. The molecule has 0 aliphatic heterocycles. The Kier molecular flexibility index (Phi) is 3.84. The smallest absolute Gasteiger partial charge is 0.233 e. The molecule has 24 heavy (non-hydrogen) atoms. The van der Waals surface area contributed by atoms with Gasteiger partial charge in [0.15, 0.2) is 0 Å². The molecule has 4 heteroatoms. The Morgan fingerprint density at radius 3 is 2.46 bits per heavy atom. The number of carbonyl (C=O) groups excluding carboxylic acids is 1. The number of anilines is 1. The van der Waals surface area contributed by atoms with Crippen molar-refractivity contribution in [2.45, 2.75) is 49.8 Å². The van der Waals surface area contributed by atoms with Gasteiger partial charge in [-0.2, -0.15) is 5.26 Å². The van der Waals surface area contributed by atoms with Crippen molar-refractivity contribution in [2.24, 2.45) is 17.3 Å². The van der Waals surface area contributed by atoms with Crippen LogP contribution in [0, 0.1) is 28.6 Å². The average molecular weight is 343 g/mol. The molecule has 3 nitrogen and oxygen atoms in total. The Labute approximate surface area is 148 Å². The molecule has 0 heterocycles. The maximum atomic E-state index is 13.6. The highest BCUT2D eigenvalue weighted by molar-refractivity contribution is 6.24. The second-order valence-electron chi connectivity index (χ2n) is 8.09. The van der Waals surface area contributed by atoms with Crippen molar-refractivity contribution in [3.05, 3.63) is 30.3 Å². The number of hydrogen-bond acceptors (Lipinski definition) is 2. The first-order valence-corrected chi connectivity index (χ1v) is 9.34. The van der Waals surface area contributed by atoms with Gasteiger partial charge in [-0.25, -0.2) is 0 Å². The summed E-state index contributed by atoms with van der Waals surface area (Å²) in [6.45, 7) is 0.464. The van der Waals surface area contributed by atoms with Crippen LogP contribution in [0.15, 0.2) is 30.3 Å². The fraction of sp³-hybridized carbons (Fsp3) is 0.600. The number of nitriles is 1. The van der Waals surface area contributed by atoms with Crippen LogP contribution < -0.4 is 4.90 Å². The van der Waals surface area contributed by atoms with E-state index in [-0.39, 0.29) is 16.2 Å². The number of rotatable bonds is 4. The van der Waals surface area contributed by atoms with Gasteiger partial charge in [0.2, 0.25) is 5.91 Å². The highest BCUT2D eigenvalue weighted by Gasteiger charge is 2.60. The third kappa shape index (κ3) is 2.62. The lowest BCUT2D eigenvalue weighted by molar-refractivity contribution is -0.141. The number of halogens is 1. The quantitative estimate of drug-likeness (QED) is 0.755. The molecule has 2 atom stereocenters. The molecule has 126 valence electrons. The van der Waals surface area contributed by atoms with Crippen molar-refractivity contribution in [3.63, 3.8) is 0 Å². The minimum atomic E-state index is -0.308. The minimum absolute atomic E-state index is 0.169. The molecule has 4 bridgehead atoms. The maximum absolute atomic E-state index is 13.6. The van der Waals surface area contributed by atoms with Gasteiger partial charge in [0.05, 0.1) is 17.9 Å². The molecular formula is C20H23ClN2O. The first kappa shape index (κ1) is 16.0. The van der Waals surface area contributed by atoms with Crippen LogP contribution in [0.5, 0.6) is 0 Å². The molecule has 1 aromatic rings.